The molecule has 0 aliphatic carbocycles. The zero-order chi connectivity index (χ0) is 0. The van der Waals surface area contributed by atoms with E-state index in [0.717, 1.165) is 0 Å². The summed E-state index contributed by atoms with van der Waals surface area (Å²) in [4.78, 5) is 0. The van der Waals surface area contributed by atoms with Crippen LogP contribution in [0.1, 0.15) is 0 Å². The van der Waals surface area contributed by atoms with E-state index in [-0.39, 0.29) is 80.3 Å². The van der Waals surface area contributed by atoms with Gasteiger partial charge in [0.05, 0.1) is 0 Å². The summed E-state index contributed by atoms with van der Waals surface area (Å²) in [5.74, 6) is 0. The Hall–Kier alpha value is 1.94. The summed E-state index contributed by atoms with van der Waals surface area (Å²) in [6.07, 6.45) is 0. The van der Waals surface area contributed by atoms with Crippen LogP contribution in [0.25, 0.3) is 0 Å². The van der Waals surface area contributed by atoms with Gasteiger partial charge in [-0.25, -0.2) is 0 Å². The Labute approximate surface area is 79.6 Å². The van der Waals surface area contributed by atoms with Crippen molar-refractivity contribution >= 4 is 27.3 Å². The van der Waals surface area contributed by atoms with E-state index < -0.39 is 0 Å². The molecule has 0 bridgehead atoms. The topological polar surface area (TPSA) is 85.5 Å². The van der Waals surface area contributed by atoms with Crippen LogP contribution < -0.4 is 0 Å². The zero-order valence-corrected chi connectivity index (χ0v) is 10.5. The predicted octanol–water partition coefficient (Wildman–Crippen LogP) is -0.742. The number of hydrogen-bond acceptors (Lipinski definition) is 0. The minimum absolute atomic E-state index is 0. The molecule has 0 aromatic rings. The average Bonchev–Trinajstić information content (AvgIpc) is 0. The van der Waals surface area contributed by atoms with Gasteiger partial charge in [-0.1, -0.05) is 0 Å². The summed E-state index contributed by atoms with van der Waals surface area (Å²) < 4.78 is 0. The molecular formula is CuO3PbZn. The third-order valence-electron chi connectivity index (χ3n) is 0. The van der Waals surface area contributed by atoms with E-state index in [1.54, 1.807) is 0 Å². The van der Waals surface area contributed by atoms with E-state index >= 15 is 0 Å². The summed E-state index contributed by atoms with van der Waals surface area (Å²) in [7, 11) is 0. The van der Waals surface area contributed by atoms with Gasteiger partial charge in [0, 0.05) is 0 Å². The van der Waals surface area contributed by atoms with E-state index in [2.05, 4.69) is 0 Å². The molecule has 0 aromatic heterocycles. The predicted molar refractivity (Wildman–Crippen MR) is 7.81 cm³/mol. The van der Waals surface area contributed by atoms with Gasteiger partial charge in [-0.3, -0.25) is 0 Å². The first-order chi connectivity index (χ1) is 0. The molecule has 3 nitrogen and oxygen atoms in total. The van der Waals surface area contributed by atoms with Gasteiger partial charge in [0.2, 0.25) is 0 Å². The first kappa shape index (κ1) is 101. The molecule has 0 N–H and O–H groups in total. The maximum atomic E-state index is 0. The standard InChI is InChI=1S/Cu.3O.Pb.Zn/q+2;3*-2;2*+2. The molecule has 0 aliphatic rings. The Bertz CT molecular complexity index is 10.8. The van der Waals surface area contributed by atoms with Gasteiger partial charge >= 0.3 is 63.8 Å². The van der Waals surface area contributed by atoms with Crippen LogP contribution in [0.2, 0.25) is 0 Å². The third kappa shape index (κ3) is 38.4. The molecule has 0 fully saturated rings. The smallest absolute Gasteiger partial charge is 2.00 e. The Morgan fingerprint density at radius 3 is 0.667 bits per heavy atom. The van der Waals surface area contributed by atoms with Crippen LogP contribution in [0.4, 0.5) is 0 Å². The molecule has 0 heterocycles. The van der Waals surface area contributed by atoms with Crippen molar-refractivity contribution in [3.63, 3.8) is 0 Å². The molecule has 0 atom stereocenters. The van der Waals surface area contributed by atoms with E-state index in [4.69, 9.17) is 0 Å². The fraction of sp³-hybridized carbons (Fsp3) is 0. The average molecular weight is 384 g/mol. The van der Waals surface area contributed by atoms with Gasteiger partial charge < -0.3 is 16.4 Å². The molecule has 6 heteroatoms. The van der Waals surface area contributed by atoms with Crippen LogP contribution in [-0.2, 0) is 53.0 Å². The normalized spacial score (nSPS) is 0. The fourth-order valence-corrected chi connectivity index (χ4v) is 0. The van der Waals surface area contributed by atoms with Crippen LogP contribution in [0, 0.1) is 0 Å². The minimum atomic E-state index is 0. The molecule has 0 aliphatic heterocycles. The van der Waals surface area contributed by atoms with Gasteiger partial charge in [0.25, 0.3) is 0 Å². The first-order valence-electron chi connectivity index (χ1n) is 0. The summed E-state index contributed by atoms with van der Waals surface area (Å²) in [6, 6.07) is 0. The second-order valence-electron chi connectivity index (χ2n) is 0. The fourth-order valence-electron chi connectivity index (χ4n) is 0. The zero-order valence-electron chi connectivity index (χ0n) is 2.73. The quantitative estimate of drug-likeness (QED) is 0.493. The van der Waals surface area contributed by atoms with Crippen LogP contribution in [0.3, 0.4) is 0 Å². The van der Waals surface area contributed by atoms with Crippen molar-refractivity contribution in [2.45, 2.75) is 0 Å². The molecule has 3 radical (unpaired) electrons. The van der Waals surface area contributed by atoms with Crippen molar-refractivity contribution in [3.05, 3.63) is 0 Å². The maximum Gasteiger partial charge on any atom is 2.00 e. The van der Waals surface area contributed by atoms with Crippen LogP contribution >= 0.6 is 0 Å². The van der Waals surface area contributed by atoms with Crippen molar-refractivity contribution in [2.75, 3.05) is 0 Å². The van der Waals surface area contributed by atoms with Crippen LogP contribution in [0.5, 0.6) is 0 Å². The molecule has 35 valence electrons. The summed E-state index contributed by atoms with van der Waals surface area (Å²) in [5.41, 5.74) is 0. The van der Waals surface area contributed by atoms with E-state index in [0.29, 0.717) is 0 Å². The molecule has 0 saturated carbocycles. The molecule has 0 rings (SSSR count). The van der Waals surface area contributed by atoms with E-state index in [1.807, 2.05) is 0 Å². The van der Waals surface area contributed by atoms with Gasteiger partial charge in [0.15, 0.2) is 0 Å². The van der Waals surface area contributed by atoms with E-state index in [1.165, 1.54) is 0 Å². The van der Waals surface area contributed by atoms with Crippen molar-refractivity contribution < 1.29 is 53.0 Å². The number of hydrogen-bond donors (Lipinski definition) is 0. The van der Waals surface area contributed by atoms with Crippen molar-refractivity contribution in [2.24, 2.45) is 0 Å². The molecule has 0 aromatic carbocycles. The molecular weight excluding hydrogens is 384 g/mol. The van der Waals surface area contributed by atoms with Crippen molar-refractivity contribution in [3.8, 4) is 0 Å². The maximum absolute atomic E-state index is 0. The minimum Gasteiger partial charge on any atom is -2.00 e. The van der Waals surface area contributed by atoms with Gasteiger partial charge in [-0.15, -0.1) is 0 Å². The van der Waals surface area contributed by atoms with Gasteiger partial charge in [0.1, 0.15) is 0 Å². The summed E-state index contributed by atoms with van der Waals surface area (Å²) in [5, 5.41) is 0. The Morgan fingerprint density at radius 1 is 0.667 bits per heavy atom. The molecule has 6 heavy (non-hydrogen) atoms. The van der Waals surface area contributed by atoms with Gasteiger partial charge in [-0.2, -0.15) is 0 Å². The SMILES string of the molecule is [Cu+2].[O-2].[O-2].[O-2].[Pb+2].[Zn+2]. The van der Waals surface area contributed by atoms with Crippen molar-refractivity contribution in [1.82, 2.24) is 0 Å². The Morgan fingerprint density at radius 2 is 0.667 bits per heavy atom. The Kier molecular flexibility index (Phi) is 1100. The van der Waals surface area contributed by atoms with E-state index in [9.17, 15) is 0 Å². The summed E-state index contributed by atoms with van der Waals surface area (Å²) >= 11 is 0. The first-order valence-corrected chi connectivity index (χ1v) is 0. The van der Waals surface area contributed by atoms with Crippen molar-refractivity contribution in [1.29, 1.82) is 0 Å². The molecule has 0 amide bonds. The molecule has 0 unspecified atom stereocenters. The van der Waals surface area contributed by atoms with Gasteiger partial charge in [-0.05, 0) is 0 Å². The monoisotopic (exact) mass is 383 g/mol. The Balaban J connectivity index is 0. The van der Waals surface area contributed by atoms with Crippen LogP contribution in [-0.4, -0.2) is 27.3 Å². The summed E-state index contributed by atoms with van der Waals surface area (Å²) in [6.45, 7) is 0. The third-order valence-corrected chi connectivity index (χ3v) is 0. The van der Waals surface area contributed by atoms with Crippen LogP contribution in [0.15, 0.2) is 0 Å². The molecule has 0 saturated heterocycles. The second-order valence-corrected chi connectivity index (χ2v) is 0. The number of rotatable bonds is 0. The second kappa shape index (κ2) is 64.9. The molecule has 0 spiro atoms. The largest absolute Gasteiger partial charge is 2.00 e.